The first-order valence-electron chi connectivity index (χ1n) is 4.15. The first kappa shape index (κ1) is 8.26. The molecular weight excluding hydrogens is 174 g/mol. The fourth-order valence-electron chi connectivity index (χ4n) is 1.45. The van der Waals surface area contributed by atoms with Gasteiger partial charge in [0.25, 0.3) is 5.91 Å². The molecule has 0 aliphatic carbocycles. The van der Waals surface area contributed by atoms with E-state index in [4.69, 9.17) is 4.74 Å². The lowest BCUT2D eigenvalue weighted by Gasteiger charge is -2.15. The van der Waals surface area contributed by atoms with E-state index in [0.717, 1.165) is 17.9 Å². The van der Waals surface area contributed by atoms with Crippen molar-refractivity contribution in [1.29, 1.82) is 0 Å². The zero-order chi connectivity index (χ0) is 8.60. The smallest absolute Gasteiger partial charge is 0.265 e. The van der Waals surface area contributed by atoms with Gasteiger partial charge in [-0.3, -0.25) is 4.79 Å². The van der Waals surface area contributed by atoms with Gasteiger partial charge in [0, 0.05) is 6.61 Å². The summed E-state index contributed by atoms with van der Waals surface area (Å²) in [6.07, 6.45) is 1.68. The number of carbonyl (C=O) groups excluding carboxylic acids is 1. The van der Waals surface area contributed by atoms with Crippen LogP contribution in [0.1, 0.15) is 19.8 Å². The molecule has 0 bridgehead atoms. The minimum atomic E-state index is -0.328. The SMILES string of the molecule is CCC1=NC(=O)C2(CCOC2)S1. The Morgan fingerprint density at radius 2 is 2.58 bits per heavy atom. The van der Waals surface area contributed by atoms with E-state index in [0.29, 0.717) is 13.2 Å². The van der Waals surface area contributed by atoms with Crippen molar-refractivity contribution in [2.75, 3.05) is 13.2 Å². The van der Waals surface area contributed by atoms with Gasteiger partial charge >= 0.3 is 0 Å². The Kier molecular flexibility index (Phi) is 1.96. The predicted molar refractivity (Wildman–Crippen MR) is 48.5 cm³/mol. The molecule has 0 aromatic rings. The van der Waals surface area contributed by atoms with Crippen molar-refractivity contribution >= 4 is 22.7 Å². The van der Waals surface area contributed by atoms with Crippen molar-refractivity contribution in [3.63, 3.8) is 0 Å². The Labute approximate surface area is 75.6 Å². The van der Waals surface area contributed by atoms with Gasteiger partial charge in [-0.05, 0) is 12.8 Å². The molecular formula is C8H11NO2S. The summed E-state index contributed by atoms with van der Waals surface area (Å²) in [5.41, 5.74) is 0. The topological polar surface area (TPSA) is 38.7 Å². The van der Waals surface area contributed by atoms with Gasteiger partial charge in [0.2, 0.25) is 0 Å². The first-order chi connectivity index (χ1) is 5.77. The van der Waals surface area contributed by atoms with Gasteiger partial charge in [0.05, 0.1) is 11.7 Å². The second kappa shape index (κ2) is 2.85. The van der Waals surface area contributed by atoms with Crippen LogP contribution in [0.2, 0.25) is 0 Å². The molecule has 2 rings (SSSR count). The normalized spacial score (nSPS) is 34.8. The lowest BCUT2D eigenvalue weighted by atomic mass is 10.1. The summed E-state index contributed by atoms with van der Waals surface area (Å²) in [6, 6.07) is 0. The summed E-state index contributed by atoms with van der Waals surface area (Å²) in [5, 5.41) is 0.963. The van der Waals surface area contributed by atoms with Crippen molar-refractivity contribution in [3.05, 3.63) is 0 Å². The second-order valence-corrected chi connectivity index (χ2v) is 4.52. The predicted octanol–water partition coefficient (Wildman–Crippen LogP) is 1.23. The molecule has 1 fully saturated rings. The lowest BCUT2D eigenvalue weighted by molar-refractivity contribution is -0.119. The number of rotatable bonds is 1. The third-order valence-corrected chi connectivity index (χ3v) is 3.72. The van der Waals surface area contributed by atoms with Gasteiger partial charge in [0.15, 0.2) is 0 Å². The maximum absolute atomic E-state index is 11.5. The van der Waals surface area contributed by atoms with Crippen molar-refractivity contribution in [2.24, 2.45) is 4.99 Å². The highest BCUT2D eigenvalue weighted by molar-refractivity contribution is 8.16. The number of hydrogen-bond acceptors (Lipinski definition) is 3. The third kappa shape index (κ3) is 1.10. The number of thioether (sulfide) groups is 1. The van der Waals surface area contributed by atoms with Crippen molar-refractivity contribution in [2.45, 2.75) is 24.5 Å². The summed E-state index contributed by atoms with van der Waals surface area (Å²) in [4.78, 5) is 15.5. The van der Waals surface area contributed by atoms with Gasteiger partial charge in [-0.2, -0.15) is 0 Å². The van der Waals surface area contributed by atoms with Gasteiger partial charge < -0.3 is 4.74 Å². The molecule has 1 amide bonds. The monoisotopic (exact) mass is 185 g/mol. The molecule has 1 saturated heterocycles. The van der Waals surface area contributed by atoms with E-state index in [1.165, 1.54) is 0 Å². The maximum Gasteiger partial charge on any atom is 0.265 e. The van der Waals surface area contributed by atoms with Crippen LogP contribution in [0, 0.1) is 0 Å². The van der Waals surface area contributed by atoms with Crippen LogP contribution in [-0.2, 0) is 9.53 Å². The van der Waals surface area contributed by atoms with Crippen LogP contribution in [0.25, 0.3) is 0 Å². The number of carbonyl (C=O) groups is 1. The second-order valence-electron chi connectivity index (χ2n) is 3.06. The highest BCUT2D eigenvalue weighted by Crippen LogP contribution is 2.41. The molecule has 3 nitrogen and oxygen atoms in total. The quantitative estimate of drug-likeness (QED) is 0.616. The van der Waals surface area contributed by atoms with Crippen molar-refractivity contribution in [3.8, 4) is 0 Å². The maximum atomic E-state index is 11.5. The molecule has 12 heavy (non-hydrogen) atoms. The molecule has 0 N–H and O–H groups in total. The Balaban J connectivity index is 2.18. The standard InChI is InChI=1S/C8H11NO2S/c1-2-6-9-7(10)8(12-6)3-4-11-5-8/h2-5H2,1H3. The van der Waals surface area contributed by atoms with E-state index in [-0.39, 0.29) is 10.7 Å². The molecule has 1 unspecified atom stereocenters. The summed E-state index contributed by atoms with van der Waals surface area (Å²) < 4.78 is 4.90. The lowest BCUT2D eigenvalue weighted by Crippen LogP contribution is -2.31. The Morgan fingerprint density at radius 1 is 1.75 bits per heavy atom. The third-order valence-electron chi connectivity index (χ3n) is 2.22. The molecule has 2 aliphatic heterocycles. The van der Waals surface area contributed by atoms with Crippen LogP contribution >= 0.6 is 11.8 Å². The van der Waals surface area contributed by atoms with Gasteiger partial charge in [-0.1, -0.05) is 18.7 Å². The first-order valence-corrected chi connectivity index (χ1v) is 4.97. The van der Waals surface area contributed by atoms with E-state index < -0.39 is 0 Å². The van der Waals surface area contributed by atoms with E-state index in [2.05, 4.69) is 4.99 Å². The van der Waals surface area contributed by atoms with Gasteiger partial charge in [-0.25, -0.2) is 4.99 Å². The van der Waals surface area contributed by atoms with Crippen molar-refractivity contribution < 1.29 is 9.53 Å². The Bertz CT molecular complexity index is 243. The number of aliphatic imine (C=N–C) groups is 1. The molecule has 2 aliphatic rings. The number of ether oxygens (including phenoxy) is 1. The van der Waals surface area contributed by atoms with Gasteiger partial charge in [0.1, 0.15) is 4.75 Å². The molecule has 0 saturated carbocycles. The summed E-state index contributed by atoms with van der Waals surface area (Å²) in [5.74, 6) is 0.0156. The Morgan fingerprint density at radius 3 is 3.08 bits per heavy atom. The van der Waals surface area contributed by atoms with E-state index in [1.807, 2.05) is 6.92 Å². The van der Waals surface area contributed by atoms with Crippen LogP contribution in [0.5, 0.6) is 0 Å². The van der Waals surface area contributed by atoms with E-state index >= 15 is 0 Å². The fourth-order valence-corrected chi connectivity index (χ4v) is 2.64. The van der Waals surface area contributed by atoms with E-state index in [1.54, 1.807) is 11.8 Å². The summed E-state index contributed by atoms with van der Waals surface area (Å²) >= 11 is 1.60. The molecule has 1 spiro atoms. The largest absolute Gasteiger partial charge is 0.379 e. The number of nitrogens with zero attached hydrogens (tertiary/aromatic N) is 1. The van der Waals surface area contributed by atoms with Crippen LogP contribution in [-0.4, -0.2) is 28.9 Å². The fraction of sp³-hybridized carbons (Fsp3) is 0.750. The average Bonchev–Trinajstić information content (AvgIpc) is 2.63. The molecule has 1 atom stereocenters. The minimum Gasteiger partial charge on any atom is -0.379 e. The molecule has 0 aromatic carbocycles. The van der Waals surface area contributed by atoms with Crippen LogP contribution in [0.3, 0.4) is 0 Å². The van der Waals surface area contributed by atoms with E-state index in [9.17, 15) is 4.79 Å². The zero-order valence-corrected chi connectivity index (χ0v) is 7.82. The average molecular weight is 185 g/mol. The molecule has 0 aromatic heterocycles. The summed E-state index contributed by atoms with van der Waals surface area (Å²) in [6.45, 7) is 3.27. The van der Waals surface area contributed by atoms with Crippen molar-refractivity contribution in [1.82, 2.24) is 0 Å². The number of amides is 1. The minimum absolute atomic E-state index is 0.0156. The number of hydrogen-bond donors (Lipinski definition) is 0. The molecule has 2 heterocycles. The Hall–Kier alpha value is -0.350. The highest BCUT2D eigenvalue weighted by Gasteiger charge is 2.47. The summed E-state index contributed by atoms with van der Waals surface area (Å²) in [7, 11) is 0. The highest BCUT2D eigenvalue weighted by atomic mass is 32.2. The molecule has 66 valence electrons. The van der Waals surface area contributed by atoms with Crippen LogP contribution in [0.15, 0.2) is 4.99 Å². The molecule has 4 heteroatoms. The molecule has 0 radical (unpaired) electrons. The van der Waals surface area contributed by atoms with Crippen LogP contribution in [0.4, 0.5) is 0 Å². The van der Waals surface area contributed by atoms with Gasteiger partial charge in [-0.15, -0.1) is 0 Å². The zero-order valence-electron chi connectivity index (χ0n) is 7.00. The van der Waals surface area contributed by atoms with Crippen LogP contribution < -0.4 is 0 Å².